The molecule has 0 aliphatic carbocycles. The second kappa shape index (κ2) is 39.3. The van der Waals surface area contributed by atoms with Crippen molar-refractivity contribution in [2.24, 2.45) is 11.7 Å². The van der Waals surface area contributed by atoms with Gasteiger partial charge in [0.05, 0.1) is 52.2 Å². The van der Waals surface area contributed by atoms with Gasteiger partial charge in [0.25, 0.3) is 0 Å². The van der Waals surface area contributed by atoms with Gasteiger partial charge in [0.15, 0.2) is 0 Å². The second-order valence-corrected chi connectivity index (χ2v) is 15.3. The Labute approximate surface area is 409 Å². The molecule has 0 aliphatic rings. The summed E-state index contributed by atoms with van der Waals surface area (Å²) in [5.41, 5.74) is 5.90. The highest BCUT2D eigenvalue weighted by molar-refractivity contribution is 5.98. The van der Waals surface area contributed by atoms with Gasteiger partial charge in [-0.3, -0.25) is 43.2 Å². The first-order chi connectivity index (χ1) is 32.5. The lowest BCUT2D eigenvalue weighted by atomic mass is 10.0. The maximum atomic E-state index is 13.1. The molecule has 0 aromatic heterocycles. The molecule has 0 fully saturated rings. The molecule has 25 heteroatoms. The van der Waals surface area contributed by atoms with Gasteiger partial charge >= 0.3 is 23.9 Å². The number of ether oxygens (including phenoxy) is 5. The van der Waals surface area contributed by atoms with Crippen molar-refractivity contribution in [3.8, 4) is 0 Å². The molecule has 6 amide bonds. The number of methoxy groups -OCH3 is 3. The first-order valence-electron chi connectivity index (χ1n) is 21.9. The predicted octanol–water partition coefficient (Wildman–Crippen LogP) is -1.90. The maximum Gasteiger partial charge on any atom is 0.328 e. The molecule has 0 aromatic carbocycles. The highest BCUT2D eigenvalue weighted by Crippen LogP contribution is 2.08. The van der Waals surface area contributed by atoms with Crippen molar-refractivity contribution in [1.29, 1.82) is 0 Å². The van der Waals surface area contributed by atoms with Crippen molar-refractivity contribution < 1.29 is 81.2 Å². The van der Waals surface area contributed by atoms with Crippen molar-refractivity contribution in [3.63, 3.8) is 0 Å². The number of Topliss-reactive ketones (excluding diaryl/α,β-unsaturated/α-hetero) is 2. The van der Waals surface area contributed by atoms with E-state index in [2.05, 4.69) is 59.8 Å². The number of rotatable bonds is 34. The Balaban J connectivity index is -0.00000277. The molecule has 0 saturated heterocycles. The van der Waals surface area contributed by atoms with E-state index >= 15 is 0 Å². The summed E-state index contributed by atoms with van der Waals surface area (Å²) in [7, 11) is 5.06. The third-order valence-corrected chi connectivity index (χ3v) is 9.31. The predicted molar refractivity (Wildman–Crippen MR) is 253 cm³/mol. The molecular weight excluding hydrogens is 925 g/mol. The Morgan fingerprint density at radius 3 is 1.59 bits per heavy atom. The lowest BCUT2D eigenvalue weighted by Gasteiger charge is -2.24. The number of carbonyl (C=O) groups is 12. The largest absolute Gasteiger partial charge is 0.469 e. The number of carbonyl (C=O) groups excluding carboxylic acids is 12. The zero-order chi connectivity index (χ0) is 53.1. The molecule has 0 spiro atoms. The van der Waals surface area contributed by atoms with Crippen LogP contribution in [0, 0.1) is 5.92 Å². The Hall–Kier alpha value is -6.60. The van der Waals surface area contributed by atoms with Crippen LogP contribution in [0.1, 0.15) is 86.5 Å². The van der Waals surface area contributed by atoms with Gasteiger partial charge in [0.2, 0.25) is 35.4 Å². The normalized spacial score (nSPS) is 13.2. The highest BCUT2D eigenvalue weighted by Gasteiger charge is 2.32. The fraction of sp³-hybridized carbons (Fsp3) is 0.644. The molecule has 7 atom stereocenters. The number of nitrogens with one attached hydrogen (secondary N) is 7. The molecule has 0 heterocycles. The first-order valence-corrected chi connectivity index (χ1v) is 21.9. The Morgan fingerprint density at radius 1 is 0.600 bits per heavy atom. The molecule has 0 aromatic rings. The third-order valence-electron chi connectivity index (χ3n) is 9.31. The summed E-state index contributed by atoms with van der Waals surface area (Å²) in [5.74, 6) is -8.75. The molecule has 0 bridgehead atoms. The molecule has 0 radical (unpaired) electrons. The van der Waals surface area contributed by atoms with E-state index in [0.29, 0.717) is 25.8 Å². The Kier molecular flexibility index (Phi) is 38.0. The van der Waals surface area contributed by atoms with Gasteiger partial charge in [-0.05, 0) is 60.0 Å². The van der Waals surface area contributed by atoms with E-state index in [1.54, 1.807) is 14.0 Å². The maximum absolute atomic E-state index is 13.1. The van der Waals surface area contributed by atoms with Gasteiger partial charge in [-0.25, -0.2) is 4.79 Å². The molecule has 9 N–H and O–H groups in total. The van der Waals surface area contributed by atoms with Crippen LogP contribution in [0.4, 0.5) is 0 Å². The molecule has 0 aliphatic heterocycles. The van der Waals surface area contributed by atoms with Gasteiger partial charge in [-0.15, -0.1) is 0 Å². The van der Waals surface area contributed by atoms with Crippen molar-refractivity contribution >= 4 is 70.9 Å². The molecule has 0 rings (SSSR count). The smallest absolute Gasteiger partial charge is 0.328 e. The highest BCUT2D eigenvalue weighted by atomic mass is 16.5. The summed E-state index contributed by atoms with van der Waals surface area (Å²) in [6, 6.07) is -8.16. The van der Waals surface area contributed by atoms with Gasteiger partial charge < -0.3 is 76.2 Å². The molecule has 7 unspecified atom stereocenters. The zero-order valence-electron chi connectivity index (χ0n) is 40.8. The van der Waals surface area contributed by atoms with Crippen molar-refractivity contribution in [3.05, 3.63) is 25.3 Å². The van der Waals surface area contributed by atoms with Crippen LogP contribution in [0.5, 0.6) is 0 Å². The van der Waals surface area contributed by atoms with Crippen LogP contribution in [-0.4, -0.2) is 168 Å². The molecule has 25 nitrogen and oxygen atoms in total. The molecule has 0 saturated carbocycles. The Bertz CT molecular complexity index is 1760. The number of hydrogen-bond donors (Lipinski definition) is 8. The quantitative estimate of drug-likeness (QED) is 0.0151. The number of esters is 4. The fourth-order valence-corrected chi connectivity index (χ4v) is 5.32. The third kappa shape index (κ3) is 31.4. The summed E-state index contributed by atoms with van der Waals surface area (Å²) >= 11 is 0. The van der Waals surface area contributed by atoms with Crippen molar-refractivity contribution in [2.45, 2.75) is 123 Å². The SMILES string of the molecule is C.C=CCOC(=O)C(C)CCC(C)=O.C=CCOC(=O)C(CCC(C)=O)NC(=O)C(COC)NC(=O)CNC(=O)C(CC(=O)OC)NC(=O)C(C)NC(=O)C(CC(=O)OC)NC(=O)C(N)CCCNC. The number of amides is 6. The van der Waals surface area contributed by atoms with E-state index in [9.17, 15) is 57.5 Å². The van der Waals surface area contributed by atoms with Crippen LogP contribution in [0.25, 0.3) is 0 Å². The summed E-state index contributed by atoms with van der Waals surface area (Å²) in [6.45, 7) is 12.2. The number of hydrogen-bond acceptors (Lipinski definition) is 19. The van der Waals surface area contributed by atoms with E-state index < -0.39 is 109 Å². The van der Waals surface area contributed by atoms with Crippen LogP contribution in [0.3, 0.4) is 0 Å². The van der Waals surface area contributed by atoms with Crippen molar-refractivity contribution in [1.82, 2.24) is 37.2 Å². The molecular formula is C45H76N8O17. The van der Waals surface area contributed by atoms with Gasteiger partial charge in [0.1, 0.15) is 55.0 Å². The van der Waals surface area contributed by atoms with Crippen LogP contribution in [0.15, 0.2) is 25.3 Å². The topological polar surface area (TPSA) is 361 Å². The number of ketones is 2. The van der Waals surface area contributed by atoms with Gasteiger partial charge in [-0.2, -0.15) is 0 Å². The van der Waals surface area contributed by atoms with E-state index in [0.717, 1.165) is 14.2 Å². The van der Waals surface area contributed by atoms with Crippen LogP contribution in [-0.2, 0) is 81.2 Å². The second-order valence-electron chi connectivity index (χ2n) is 15.3. The summed E-state index contributed by atoms with van der Waals surface area (Å²) in [5, 5.41) is 16.8. The lowest BCUT2D eigenvalue weighted by Crippen LogP contribution is -2.58. The molecule has 70 heavy (non-hydrogen) atoms. The van der Waals surface area contributed by atoms with Gasteiger partial charge in [0, 0.05) is 20.0 Å². The monoisotopic (exact) mass is 1000 g/mol. The average molecular weight is 1000 g/mol. The van der Waals surface area contributed by atoms with E-state index in [1.807, 2.05) is 0 Å². The summed E-state index contributed by atoms with van der Waals surface area (Å²) < 4.78 is 24.0. The van der Waals surface area contributed by atoms with E-state index in [4.69, 9.17) is 19.9 Å². The van der Waals surface area contributed by atoms with Crippen LogP contribution < -0.4 is 43.0 Å². The van der Waals surface area contributed by atoms with Crippen molar-refractivity contribution in [2.75, 3.05) is 61.3 Å². The molecule has 398 valence electrons. The standard InChI is InChI=1S/C34H56N8O14.C10H16O3.CH4/c1-8-14-56-34(52)22(12-11-19(2)43)40-33(51)25(18-53-5)39-26(44)17-37-31(49)23(15-27(45)54-6)41-29(47)20(3)38-32(50)24(16-28(46)55-7)42-30(48)21(35)10-9-13-36-4;1-4-7-13-10(12)8(2)5-6-9(3)11;/h8,20-25,36H,1,9-18,35H2,2-7H3,(H,37,49)(H,38,50)(H,39,44)(H,40,51)(H,41,47)(H,42,48);4,8H,1,5-7H2,2-3H3;1H4. The van der Waals surface area contributed by atoms with E-state index in [1.165, 1.54) is 40.0 Å². The average Bonchev–Trinajstić information content (AvgIpc) is 3.31. The zero-order valence-corrected chi connectivity index (χ0v) is 40.8. The summed E-state index contributed by atoms with van der Waals surface area (Å²) in [4.78, 5) is 148. The minimum absolute atomic E-state index is 0. The minimum atomic E-state index is -1.63. The summed E-state index contributed by atoms with van der Waals surface area (Å²) in [6.07, 6.45) is 3.19. The first kappa shape index (κ1) is 67.7. The van der Waals surface area contributed by atoms with Crippen LogP contribution >= 0.6 is 0 Å². The lowest BCUT2D eigenvalue weighted by molar-refractivity contribution is -0.148. The van der Waals surface area contributed by atoms with Gasteiger partial charge in [-0.1, -0.05) is 39.7 Å². The number of nitrogens with two attached hydrogens (primary N) is 1. The van der Waals surface area contributed by atoms with Crippen LogP contribution in [0.2, 0.25) is 0 Å². The van der Waals surface area contributed by atoms with E-state index in [-0.39, 0.29) is 70.0 Å². The fourth-order valence-electron chi connectivity index (χ4n) is 5.32. The minimum Gasteiger partial charge on any atom is -0.469 e. The Morgan fingerprint density at radius 2 is 1.09 bits per heavy atom.